The van der Waals surface area contributed by atoms with Crippen LogP contribution in [0, 0.1) is 28.0 Å². The number of fused-ring (bicyclic) bond motifs is 1. The minimum Gasteiger partial charge on any atom is -0.379 e. The smallest absolute Gasteiger partial charge is 0.177 e. The molecule has 1 unspecified atom stereocenters. The highest BCUT2D eigenvalue weighted by Gasteiger charge is 2.33. The molecule has 0 radical (unpaired) electrons. The van der Waals surface area contributed by atoms with Crippen LogP contribution in [0.15, 0.2) is 6.07 Å². The van der Waals surface area contributed by atoms with Gasteiger partial charge in [-0.2, -0.15) is 0 Å². The fourth-order valence-corrected chi connectivity index (χ4v) is 4.25. The zero-order valence-corrected chi connectivity index (χ0v) is 15.4. The molecule has 0 spiro atoms. The van der Waals surface area contributed by atoms with E-state index >= 15 is 0 Å². The molecular formula is C18H19F4N3OS. The summed E-state index contributed by atoms with van der Waals surface area (Å²) in [6.45, 7) is 4.13. The van der Waals surface area contributed by atoms with E-state index in [0.29, 0.717) is 24.4 Å². The molecule has 4 nitrogen and oxygen atoms in total. The summed E-state index contributed by atoms with van der Waals surface area (Å²) in [5.41, 5.74) is 1.22. The van der Waals surface area contributed by atoms with Gasteiger partial charge in [-0.25, -0.2) is 17.6 Å². The van der Waals surface area contributed by atoms with Gasteiger partial charge >= 0.3 is 0 Å². The second-order valence-corrected chi connectivity index (χ2v) is 7.34. The van der Waals surface area contributed by atoms with E-state index in [0.717, 1.165) is 31.0 Å². The van der Waals surface area contributed by atoms with Gasteiger partial charge in [0.05, 0.1) is 13.2 Å². The molecule has 1 aromatic carbocycles. The molecule has 146 valence electrons. The van der Waals surface area contributed by atoms with Crippen molar-refractivity contribution in [2.24, 2.45) is 0 Å². The van der Waals surface area contributed by atoms with Gasteiger partial charge in [0.25, 0.3) is 0 Å². The summed E-state index contributed by atoms with van der Waals surface area (Å²) in [4.78, 5) is 5.44. The van der Waals surface area contributed by atoms with Crippen molar-refractivity contribution in [3.05, 3.63) is 51.1 Å². The minimum atomic E-state index is -1.38. The van der Waals surface area contributed by atoms with Crippen molar-refractivity contribution in [3.8, 4) is 0 Å². The molecule has 0 amide bonds. The average molecular weight is 401 g/mol. The Morgan fingerprint density at radius 2 is 1.78 bits per heavy atom. The molecule has 0 bridgehead atoms. The summed E-state index contributed by atoms with van der Waals surface area (Å²) in [6.07, 6.45) is 0.990. The Labute approximate surface area is 158 Å². The summed E-state index contributed by atoms with van der Waals surface area (Å²) in [5, 5.41) is 0. The van der Waals surface area contributed by atoms with Gasteiger partial charge < -0.3 is 14.3 Å². The standard InChI is InChI=1S/C18H19F4N3OS/c19-11-8-12(20)17(22)15(16(11)21)10-7-14-13(23-18(27)25(14)9-10)1-2-24-3-5-26-6-4-24/h8,10H,1-7,9H2,(H,23,27). The molecular weight excluding hydrogens is 382 g/mol. The quantitative estimate of drug-likeness (QED) is 0.485. The maximum Gasteiger partial charge on any atom is 0.177 e. The summed E-state index contributed by atoms with van der Waals surface area (Å²) >= 11 is 5.33. The third-order valence-electron chi connectivity index (χ3n) is 5.36. The van der Waals surface area contributed by atoms with E-state index < -0.39 is 34.8 Å². The van der Waals surface area contributed by atoms with Crippen molar-refractivity contribution in [2.45, 2.75) is 25.3 Å². The number of H-pyrrole nitrogens is 1. The van der Waals surface area contributed by atoms with Crippen LogP contribution >= 0.6 is 12.2 Å². The first-order valence-corrected chi connectivity index (χ1v) is 9.30. The predicted octanol–water partition coefficient (Wildman–Crippen LogP) is 3.32. The van der Waals surface area contributed by atoms with Crippen LogP contribution in [-0.4, -0.2) is 47.3 Å². The van der Waals surface area contributed by atoms with E-state index in [9.17, 15) is 17.6 Å². The number of imidazole rings is 1. The number of halogens is 4. The number of nitrogens with zero attached hydrogens (tertiary/aromatic N) is 2. The van der Waals surface area contributed by atoms with Crippen molar-refractivity contribution < 1.29 is 22.3 Å². The van der Waals surface area contributed by atoms with Crippen LogP contribution in [0.5, 0.6) is 0 Å². The summed E-state index contributed by atoms with van der Waals surface area (Å²) in [7, 11) is 0. The van der Waals surface area contributed by atoms with Crippen LogP contribution in [0.25, 0.3) is 0 Å². The van der Waals surface area contributed by atoms with Crippen LogP contribution < -0.4 is 0 Å². The largest absolute Gasteiger partial charge is 0.379 e. The van der Waals surface area contributed by atoms with Gasteiger partial charge in [-0.1, -0.05) is 0 Å². The zero-order valence-electron chi connectivity index (χ0n) is 14.5. The number of hydrogen-bond donors (Lipinski definition) is 1. The Hall–Kier alpha value is -1.71. The van der Waals surface area contributed by atoms with Crippen molar-refractivity contribution in [3.63, 3.8) is 0 Å². The molecule has 0 saturated carbocycles. The van der Waals surface area contributed by atoms with Crippen molar-refractivity contribution in [2.75, 3.05) is 32.8 Å². The molecule has 1 atom stereocenters. The second-order valence-electron chi connectivity index (χ2n) is 6.95. The number of hydrogen-bond acceptors (Lipinski definition) is 3. The molecule has 27 heavy (non-hydrogen) atoms. The first-order valence-electron chi connectivity index (χ1n) is 8.89. The van der Waals surface area contributed by atoms with E-state index in [-0.39, 0.29) is 19.0 Å². The Morgan fingerprint density at radius 3 is 2.44 bits per heavy atom. The molecule has 2 aromatic rings. The summed E-state index contributed by atoms with van der Waals surface area (Å²) in [6, 6.07) is 0.240. The van der Waals surface area contributed by atoms with Gasteiger partial charge in [0, 0.05) is 61.5 Å². The molecule has 2 aliphatic rings. The van der Waals surface area contributed by atoms with Crippen LogP contribution in [0.1, 0.15) is 22.9 Å². The lowest BCUT2D eigenvalue weighted by molar-refractivity contribution is 0.0383. The molecule has 1 N–H and O–H groups in total. The Bertz CT molecular complexity index is 894. The molecule has 1 fully saturated rings. The summed E-state index contributed by atoms with van der Waals surface area (Å²) < 4.78 is 63.1. The molecule has 1 aromatic heterocycles. The van der Waals surface area contributed by atoms with E-state index in [1.54, 1.807) is 4.57 Å². The number of nitrogens with one attached hydrogen (secondary N) is 1. The number of rotatable bonds is 4. The highest BCUT2D eigenvalue weighted by Crippen LogP contribution is 2.36. The maximum atomic E-state index is 14.2. The van der Waals surface area contributed by atoms with Crippen molar-refractivity contribution >= 4 is 12.2 Å². The highest BCUT2D eigenvalue weighted by atomic mass is 32.1. The van der Waals surface area contributed by atoms with Gasteiger partial charge in [0.15, 0.2) is 28.0 Å². The van der Waals surface area contributed by atoms with E-state index in [4.69, 9.17) is 17.0 Å². The summed E-state index contributed by atoms with van der Waals surface area (Å²) in [5.74, 6) is -6.09. The number of morpholine rings is 1. The number of benzene rings is 1. The lowest BCUT2D eigenvalue weighted by Crippen LogP contribution is -2.37. The predicted molar refractivity (Wildman–Crippen MR) is 93.3 cm³/mol. The van der Waals surface area contributed by atoms with Crippen molar-refractivity contribution in [1.82, 2.24) is 14.5 Å². The molecule has 9 heteroatoms. The fourth-order valence-electron chi connectivity index (χ4n) is 3.94. The first kappa shape index (κ1) is 18.6. The van der Waals surface area contributed by atoms with Crippen LogP contribution in [0.3, 0.4) is 0 Å². The van der Waals surface area contributed by atoms with Crippen LogP contribution in [0.2, 0.25) is 0 Å². The maximum absolute atomic E-state index is 14.2. The second kappa shape index (κ2) is 7.37. The van der Waals surface area contributed by atoms with Gasteiger partial charge in [0.1, 0.15) is 0 Å². The number of aromatic nitrogens is 2. The molecule has 0 aliphatic carbocycles. The number of aromatic amines is 1. The minimum absolute atomic E-state index is 0.193. The van der Waals surface area contributed by atoms with Gasteiger partial charge in [-0.15, -0.1) is 0 Å². The molecule has 2 aliphatic heterocycles. The molecule has 4 rings (SSSR count). The van der Waals surface area contributed by atoms with Gasteiger partial charge in [-0.3, -0.25) is 4.90 Å². The van der Waals surface area contributed by atoms with Crippen molar-refractivity contribution in [1.29, 1.82) is 0 Å². The molecule has 1 saturated heterocycles. The first-order chi connectivity index (χ1) is 13.0. The molecule has 3 heterocycles. The third kappa shape index (κ3) is 3.43. The Morgan fingerprint density at radius 1 is 1.11 bits per heavy atom. The van der Waals surface area contributed by atoms with E-state index in [1.807, 2.05) is 0 Å². The highest BCUT2D eigenvalue weighted by molar-refractivity contribution is 7.71. The van der Waals surface area contributed by atoms with Gasteiger partial charge in [0.2, 0.25) is 0 Å². The topological polar surface area (TPSA) is 33.2 Å². The Kier molecular flexibility index (Phi) is 5.09. The average Bonchev–Trinajstić information content (AvgIpc) is 3.20. The van der Waals surface area contributed by atoms with E-state index in [1.165, 1.54) is 0 Å². The van der Waals surface area contributed by atoms with Crippen LogP contribution in [0.4, 0.5) is 17.6 Å². The number of ether oxygens (including phenoxy) is 1. The third-order valence-corrected chi connectivity index (χ3v) is 5.68. The lowest BCUT2D eigenvalue weighted by atomic mass is 9.94. The van der Waals surface area contributed by atoms with E-state index in [2.05, 4.69) is 9.88 Å². The SMILES string of the molecule is Fc1cc(F)c(F)c(C2Cc3c(CCN4CCOCC4)[nH]c(=S)n3C2)c1F. The van der Waals surface area contributed by atoms with Gasteiger partial charge in [-0.05, 0) is 18.6 Å². The monoisotopic (exact) mass is 401 g/mol. The Balaban J connectivity index is 1.57. The zero-order chi connectivity index (χ0) is 19.1. The fraction of sp³-hybridized carbons (Fsp3) is 0.500. The normalized spacial score (nSPS) is 20.2. The van der Waals surface area contributed by atoms with Crippen LogP contribution in [-0.2, 0) is 24.1 Å². The lowest BCUT2D eigenvalue weighted by Gasteiger charge is -2.26.